The molecule has 1 aromatic rings. The van der Waals surface area contributed by atoms with Crippen LogP contribution >= 0.6 is 11.6 Å². The molecule has 0 radical (unpaired) electrons. The molecule has 0 atom stereocenters. The van der Waals surface area contributed by atoms with Gasteiger partial charge in [0.15, 0.2) is 0 Å². The second-order valence-corrected chi connectivity index (χ2v) is 5.28. The number of urea groups is 1. The Labute approximate surface area is 113 Å². The highest BCUT2D eigenvalue weighted by Gasteiger charge is 2.21. The Morgan fingerprint density at radius 3 is 2.72 bits per heavy atom. The summed E-state index contributed by atoms with van der Waals surface area (Å²) < 4.78 is 0. The highest BCUT2D eigenvalue weighted by atomic mass is 35.5. The summed E-state index contributed by atoms with van der Waals surface area (Å²) in [6, 6.07) is 7.55. The van der Waals surface area contributed by atoms with Crippen molar-refractivity contribution in [1.29, 1.82) is 0 Å². The molecule has 4 heteroatoms. The van der Waals surface area contributed by atoms with Crippen LogP contribution in [0.2, 0.25) is 5.02 Å². The van der Waals surface area contributed by atoms with Gasteiger partial charge in [0, 0.05) is 23.8 Å². The molecule has 0 bridgehead atoms. The zero-order valence-corrected chi connectivity index (χ0v) is 11.4. The van der Waals surface area contributed by atoms with Crippen molar-refractivity contribution in [3.8, 4) is 0 Å². The SMILES string of the molecule is CN(C(=O)Nc1cccc(Cl)c1)C1CCCCC1. The Kier molecular flexibility index (Phi) is 4.48. The third-order valence-corrected chi connectivity index (χ3v) is 3.75. The molecule has 1 N–H and O–H groups in total. The van der Waals surface area contributed by atoms with Crippen molar-refractivity contribution >= 4 is 23.3 Å². The number of carbonyl (C=O) groups excluding carboxylic acids is 1. The molecule has 2 rings (SSSR count). The van der Waals surface area contributed by atoms with E-state index < -0.39 is 0 Å². The summed E-state index contributed by atoms with van der Waals surface area (Å²) >= 11 is 5.89. The standard InChI is InChI=1S/C14H19ClN2O/c1-17(13-8-3-2-4-9-13)14(18)16-12-7-5-6-11(15)10-12/h5-7,10,13H,2-4,8-9H2,1H3,(H,16,18). The molecule has 2 amide bonds. The minimum atomic E-state index is -0.0517. The molecule has 1 aliphatic carbocycles. The van der Waals surface area contributed by atoms with Crippen LogP contribution in [0.15, 0.2) is 24.3 Å². The number of hydrogen-bond donors (Lipinski definition) is 1. The van der Waals surface area contributed by atoms with E-state index in [1.165, 1.54) is 19.3 Å². The zero-order chi connectivity index (χ0) is 13.0. The average Bonchev–Trinajstić information content (AvgIpc) is 2.39. The van der Waals surface area contributed by atoms with Gasteiger partial charge in [0.05, 0.1) is 0 Å². The van der Waals surface area contributed by atoms with Crippen molar-refractivity contribution in [1.82, 2.24) is 4.90 Å². The van der Waals surface area contributed by atoms with Crippen LogP contribution in [0, 0.1) is 0 Å². The largest absolute Gasteiger partial charge is 0.325 e. The van der Waals surface area contributed by atoms with Crippen LogP contribution in [0.4, 0.5) is 10.5 Å². The molecule has 0 aromatic heterocycles. The van der Waals surface area contributed by atoms with Crippen LogP contribution in [0.3, 0.4) is 0 Å². The molecule has 0 saturated heterocycles. The summed E-state index contributed by atoms with van der Waals surface area (Å²) in [6.45, 7) is 0. The van der Waals surface area contributed by atoms with Crippen molar-refractivity contribution in [2.45, 2.75) is 38.1 Å². The van der Waals surface area contributed by atoms with Gasteiger partial charge in [-0.25, -0.2) is 4.79 Å². The lowest BCUT2D eigenvalue weighted by molar-refractivity contribution is 0.186. The predicted molar refractivity (Wildman–Crippen MR) is 75.1 cm³/mol. The van der Waals surface area contributed by atoms with Crippen LogP contribution < -0.4 is 5.32 Å². The van der Waals surface area contributed by atoms with E-state index in [0.29, 0.717) is 11.1 Å². The minimum absolute atomic E-state index is 0.0517. The molecule has 1 saturated carbocycles. The van der Waals surface area contributed by atoms with Gasteiger partial charge in [0.2, 0.25) is 0 Å². The van der Waals surface area contributed by atoms with Gasteiger partial charge in [-0.15, -0.1) is 0 Å². The minimum Gasteiger partial charge on any atom is -0.325 e. The van der Waals surface area contributed by atoms with Gasteiger partial charge < -0.3 is 10.2 Å². The summed E-state index contributed by atoms with van der Waals surface area (Å²) in [5.41, 5.74) is 0.746. The van der Waals surface area contributed by atoms with Gasteiger partial charge in [0.25, 0.3) is 0 Å². The molecule has 1 aromatic carbocycles. The Morgan fingerprint density at radius 1 is 1.33 bits per heavy atom. The summed E-state index contributed by atoms with van der Waals surface area (Å²) in [5.74, 6) is 0. The molecule has 0 aliphatic heterocycles. The number of anilines is 1. The van der Waals surface area contributed by atoms with Gasteiger partial charge in [-0.2, -0.15) is 0 Å². The topological polar surface area (TPSA) is 32.3 Å². The number of nitrogens with one attached hydrogen (secondary N) is 1. The van der Waals surface area contributed by atoms with Gasteiger partial charge in [0.1, 0.15) is 0 Å². The van der Waals surface area contributed by atoms with Gasteiger partial charge >= 0.3 is 6.03 Å². The van der Waals surface area contributed by atoms with E-state index in [1.54, 1.807) is 12.1 Å². The third-order valence-electron chi connectivity index (χ3n) is 3.52. The van der Waals surface area contributed by atoms with E-state index in [4.69, 9.17) is 11.6 Å². The molecule has 0 unspecified atom stereocenters. The zero-order valence-electron chi connectivity index (χ0n) is 10.7. The Hall–Kier alpha value is -1.22. The van der Waals surface area contributed by atoms with E-state index >= 15 is 0 Å². The maximum absolute atomic E-state index is 12.1. The van der Waals surface area contributed by atoms with Crippen LogP contribution in [-0.2, 0) is 0 Å². The van der Waals surface area contributed by atoms with Crippen LogP contribution in [-0.4, -0.2) is 24.0 Å². The lowest BCUT2D eigenvalue weighted by Gasteiger charge is -2.31. The van der Waals surface area contributed by atoms with Crippen LogP contribution in [0.1, 0.15) is 32.1 Å². The monoisotopic (exact) mass is 266 g/mol. The number of halogens is 1. The lowest BCUT2D eigenvalue weighted by atomic mass is 9.95. The molecular weight excluding hydrogens is 248 g/mol. The molecule has 98 valence electrons. The van der Waals surface area contributed by atoms with E-state index in [0.717, 1.165) is 18.5 Å². The fourth-order valence-corrected chi connectivity index (χ4v) is 2.60. The smallest absolute Gasteiger partial charge is 0.321 e. The Bertz CT molecular complexity index is 416. The number of rotatable bonds is 2. The van der Waals surface area contributed by atoms with E-state index in [2.05, 4.69) is 5.32 Å². The second-order valence-electron chi connectivity index (χ2n) is 4.84. The molecule has 0 heterocycles. The molecule has 3 nitrogen and oxygen atoms in total. The van der Waals surface area contributed by atoms with Crippen molar-refractivity contribution in [2.75, 3.05) is 12.4 Å². The first-order valence-electron chi connectivity index (χ1n) is 6.46. The first-order valence-corrected chi connectivity index (χ1v) is 6.84. The van der Waals surface area contributed by atoms with Crippen LogP contribution in [0.25, 0.3) is 0 Å². The number of carbonyl (C=O) groups is 1. The highest BCUT2D eigenvalue weighted by Crippen LogP contribution is 2.22. The fraction of sp³-hybridized carbons (Fsp3) is 0.500. The van der Waals surface area contributed by atoms with Crippen molar-refractivity contribution in [3.05, 3.63) is 29.3 Å². The number of benzene rings is 1. The second kappa shape index (κ2) is 6.10. The first kappa shape index (κ1) is 13.2. The van der Waals surface area contributed by atoms with E-state index in [1.807, 2.05) is 24.1 Å². The highest BCUT2D eigenvalue weighted by molar-refractivity contribution is 6.30. The molecule has 0 spiro atoms. The Morgan fingerprint density at radius 2 is 2.06 bits per heavy atom. The molecular formula is C14H19ClN2O. The predicted octanol–water partition coefficient (Wildman–Crippen LogP) is 4.14. The molecule has 1 aliphatic rings. The normalized spacial score (nSPS) is 16.3. The molecule has 1 fully saturated rings. The number of nitrogens with zero attached hydrogens (tertiary/aromatic N) is 1. The van der Waals surface area contributed by atoms with E-state index in [-0.39, 0.29) is 6.03 Å². The van der Waals surface area contributed by atoms with Gasteiger partial charge in [-0.1, -0.05) is 36.9 Å². The van der Waals surface area contributed by atoms with Gasteiger partial charge in [-0.05, 0) is 31.0 Å². The van der Waals surface area contributed by atoms with Crippen molar-refractivity contribution in [2.24, 2.45) is 0 Å². The summed E-state index contributed by atoms with van der Waals surface area (Å²) in [6.07, 6.45) is 5.96. The number of amides is 2. The third kappa shape index (κ3) is 3.39. The summed E-state index contributed by atoms with van der Waals surface area (Å²) in [5, 5.41) is 3.51. The number of hydrogen-bond acceptors (Lipinski definition) is 1. The summed E-state index contributed by atoms with van der Waals surface area (Å²) in [7, 11) is 1.87. The maximum atomic E-state index is 12.1. The van der Waals surface area contributed by atoms with Gasteiger partial charge in [-0.3, -0.25) is 0 Å². The van der Waals surface area contributed by atoms with Crippen LogP contribution in [0.5, 0.6) is 0 Å². The van der Waals surface area contributed by atoms with E-state index in [9.17, 15) is 4.79 Å². The quantitative estimate of drug-likeness (QED) is 0.857. The van der Waals surface area contributed by atoms with Crippen molar-refractivity contribution < 1.29 is 4.79 Å². The lowest BCUT2D eigenvalue weighted by Crippen LogP contribution is -2.40. The first-order chi connectivity index (χ1) is 8.66. The average molecular weight is 267 g/mol. The maximum Gasteiger partial charge on any atom is 0.321 e. The Balaban J connectivity index is 1.94. The molecule has 18 heavy (non-hydrogen) atoms. The van der Waals surface area contributed by atoms with Crippen molar-refractivity contribution in [3.63, 3.8) is 0 Å². The fourth-order valence-electron chi connectivity index (χ4n) is 2.41. The summed E-state index contributed by atoms with van der Waals surface area (Å²) in [4.78, 5) is 13.9.